The molecule has 2 unspecified atom stereocenters. The van der Waals surface area contributed by atoms with E-state index in [2.05, 4.69) is 21.3 Å². The molecule has 0 aliphatic heterocycles. The SMILES string of the molecule is CC.CC.CC.CC.Cc1ccccc1S(=O)ONc1noc(C)c1C.Cc1ccccc1S(=O)ONc1onc(C)c1C. The van der Waals surface area contributed by atoms with Crippen LogP contribution in [-0.4, -0.2) is 18.7 Å². The van der Waals surface area contributed by atoms with E-state index in [1.165, 1.54) is 0 Å². The van der Waals surface area contributed by atoms with Crippen LogP contribution < -0.4 is 11.0 Å². The van der Waals surface area contributed by atoms with Crippen LogP contribution in [0.3, 0.4) is 0 Å². The lowest BCUT2D eigenvalue weighted by atomic mass is 10.2. The van der Waals surface area contributed by atoms with Crippen LogP contribution in [0.25, 0.3) is 0 Å². The fourth-order valence-electron chi connectivity index (χ4n) is 2.75. The zero-order chi connectivity index (χ0) is 34.2. The Kier molecular flexibility index (Phi) is 24.4. The first kappa shape index (κ1) is 42.8. The summed E-state index contributed by atoms with van der Waals surface area (Å²) in [6.07, 6.45) is 0. The van der Waals surface area contributed by atoms with Gasteiger partial charge in [-0.1, -0.05) is 102 Å². The fourth-order valence-corrected chi connectivity index (χ4v) is 4.28. The summed E-state index contributed by atoms with van der Waals surface area (Å²) in [5.41, 5.74) is 9.32. The topological polar surface area (TPSA) is 129 Å². The van der Waals surface area contributed by atoms with Crippen LogP contribution in [0.5, 0.6) is 0 Å². The van der Waals surface area contributed by atoms with E-state index in [-0.39, 0.29) is 0 Å². The van der Waals surface area contributed by atoms with Crippen molar-refractivity contribution in [3.63, 3.8) is 0 Å². The number of nitrogens with one attached hydrogen (secondary N) is 2. The van der Waals surface area contributed by atoms with Crippen LogP contribution in [0.2, 0.25) is 0 Å². The highest BCUT2D eigenvalue weighted by atomic mass is 32.2. The molecule has 12 heteroatoms. The molecule has 2 heterocycles. The van der Waals surface area contributed by atoms with Gasteiger partial charge in [-0.3, -0.25) is 0 Å². The van der Waals surface area contributed by atoms with Crippen LogP contribution in [0.4, 0.5) is 11.7 Å². The predicted molar refractivity (Wildman–Crippen MR) is 182 cm³/mol. The Labute approximate surface area is 269 Å². The molecule has 2 aromatic heterocycles. The number of benzene rings is 2. The average molecular weight is 653 g/mol. The Balaban J connectivity index is 0. The van der Waals surface area contributed by atoms with Gasteiger partial charge in [0.2, 0.25) is 22.2 Å². The van der Waals surface area contributed by atoms with Crippen LogP contribution in [-0.2, 0) is 30.7 Å². The van der Waals surface area contributed by atoms with E-state index in [9.17, 15) is 8.42 Å². The van der Waals surface area contributed by atoms with Crippen molar-refractivity contribution in [2.45, 2.75) is 107 Å². The average Bonchev–Trinajstić information content (AvgIpc) is 3.57. The molecule has 0 aliphatic carbocycles. The van der Waals surface area contributed by atoms with E-state index < -0.39 is 22.2 Å². The maximum Gasteiger partial charge on any atom is 0.252 e. The molecule has 4 aromatic rings. The van der Waals surface area contributed by atoms with Gasteiger partial charge in [-0.15, -0.1) is 0 Å². The molecule has 0 aliphatic rings. The van der Waals surface area contributed by atoms with Gasteiger partial charge in [0.25, 0.3) is 5.88 Å². The summed E-state index contributed by atoms with van der Waals surface area (Å²) in [5, 5.41) is 7.53. The van der Waals surface area contributed by atoms with Crippen LogP contribution in [0.15, 0.2) is 67.4 Å². The molecule has 0 amide bonds. The van der Waals surface area contributed by atoms with Gasteiger partial charge in [-0.25, -0.2) is 19.4 Å². The van der Waals surface area contributed by atoms with Crippen LogP contribution in [0, 0.1) is 41.5 Å². The largest absolute Gasteiger partial charge is 0.359 e. The molecular formula is C32H52N4O6S2. The molecule has 4 rings (SSSR count). The van der Waals surface area contributed by atoms with Crippen molar-refractivity contribution < 1.29 is 26.0 Å². The molecule has 2 atom stereocenters. The summed E-state index contributed by atoms with van der Waals surface area (Å²) in [7, 11) is 0. The summed E-state index contributed by atoms with van der Waals surface area (Å²) >= 11 is -3.18. The number of aryl methyl sites for hydroxylation is 4. The Hall–Kier alpha value is -3.32. The van der Waals surface area contributed by atoms with Crippen molar-refractivity contribution in [2.75, 3.05) is 11.0 Å². The number of nitrogens with zero attached hydrogens (tertiary/aromatic N) is 2. The first-order chi connectivity index (χ1) is 21.2. The Morgan fingerprint density at radius 2 is 1.02 bits per heavy atom. The zero-order valence-electron chi connectivity index (χ0n) is 28.8. The van der Waals surface area contributed by atoms with Gasteiger partial charge in [0.1, 0.15) is 5.76 Å². The summed E-state index contributed by atoms with van der Waals surface area (Å²) in [4.78, 5) is 1.25. The normalized spacial score (nSPS) is 10.7. The quantitative estimate of drug-likeness (QED) is 0.178. The monoisotopic (exact) mass is 652 g/mol. The lowest BCUT2D eigenvalue weighted by molar-refractivity contribution is 0.366. The van der Waals surface area contributed by atoms with Crippen molar-refractivity contribution in [1.29, 1.82) is 0 Å². The predicted octanol–water partition coefficient (Wildman–Crippen LogP) is 9.44. The summed E-state index contributed by atoms with van der Waals surface area (Å²) in [5.74, 6) is 1.51. The van der Waals surface area contributed by atoms with Crippen molar-refractivity contribution in [2.24, 2.45) is 0 Å². The van der Waals surface area contributed by atoms with E-state index >= 15 is 0 Å². The van der Waals surface area contributed by atoms with Gasteiger partial charge < -0.3 is 9.05 Å². The Bertz CT molecular complexity index is 1270. The van der Waals surface area contributed by atoms with Gasteiger partial charge in [-0.2, -0.15) is 8.57 Å². The second-order valence-corrected chi connectivity index (χ2v) is 9.96. The fraction of sp³-hybridized carbons (Fsp3) is 0.438. The number of anilines is 2. The molecule has 2 aromatic carbocycles. The summed E-state index contributed by atoms with van der Waals surface area (Å²) in [6, 6.07) is 14.7. The molecule has 0 spiro atoms. The highest BCUT2D eigenvalue weighted by molar-refractivity contribution is 7.80. The van der Waals surface area contributed by atoms with Crippen LogP contribution in [0.1, 0.15) is 89.1 Å². The molecule has 248 valence electrons. The van der Waals surface area contributed by atoms with E-state index in [0.717, 1.165) is 27.9 Å². The van der Waals surface area contributed by atoms with E-state index in [0.29, 0.717) is 27.3 Å². The molecular weight excluding hydrogens is 601 g/mol. The second kappa shape index (κ2) is 25.1. The van der Waals surface area contributed by atoms with Gasteiger partial charge in [0.05, 0.1) is 15.5 Å². The van der Waals surface area contributed by atoms with Gasteiger partial charge in [-0.05, 0) is 64.8 Å². The summed E-state index contributed by atoms with van der Waals surface area (Å²) in [6.45, 7) is 27.1. The Morgan fingerprint density at radius 3 is 1.39 bits per heavy atom. The Morgan fingerprint density at radius 1 is 0.591 bits per heavy atom. The van der Waals surface area contributed by atoms with Crippen LogP contribution >= 0.6 is 0 Å². The van der Waals surface area contributed by atoms with Crippen molar-refractivity contribution >= 4 is 33.9 Å². The zero-order valence-corrected chi connectivity index (χ0v) is 30.4. The first-order valence-corrected chi connectivity index (χ1v) is 17.0. The minimum atomic E-state index is -1.59. The van der Waals surface area contributed by atoms with Crippen molar-refractivity contribution in [3.8, 4) is 0 Å². The molecule has 0 saturated carbocycles. The van der Waals surface area contributed by atoms with Gasteiger partial charge in [0.15, 0.2) is 5.82 Å². The second-order valence-electron chi connectivity index (χ2n) is 7.81. The molecule has 44 heavy (non-hydrogen) atoms. The lowest BCUT2D eigenvalue weighted by Gasteiger charge is -2.05. The molecule has 0 radical (unpaired) electrons. The molecule has 0 bridgehead atoms. The van der Waals surface area contributed by atoms with Gasteiger partial charge >= 0.3 is 0 Å². The molecule has 0 fully saturated rings. The number of hydrogen-bond acceptors (Lipinski definition) is 10. The van der Waals surface area contributed by atoms with Gasteiger partial charge in [0, 0.05) is 11.1 Å². The van der Waals surface area contributed by atoms with Crippen molar-refractivity contribution in [3.05, 3.63) is 82.2 Å². The van der Waals surface area contributed by atoms with Crippen molar-refractivity contribution in [1.82, 2.24) is 10.3 Å². The van der Waals surface area contributed by atoms with E-state index in [1.807, 2.05) is 126 Å². The maximum absolute atomic E-state index is 11.9. The third-order valence-electron chi connectivity index (χ3n) is 5.28. The van der Waals surface area contributed by atoms with E-state index in [1.54, 1.807) is 19.1 Å². The minimum absolute atomic E-state index is 0.370. The minimum Gasteiger partial charge on any atom is -0.359 e. The smallest absolute Gasteiger partial charge is 0.252 e. The highest BCUT2D eigenvalue weighted by Crippen LogP contribution is 2.20. The molecule has 10 nitrogen and oxygen atoms in total. The number of rotatable bonds is 8. The number of hydrogen-bond donors (Lipinski definition) is 2. The van der Waals surface area contributed by atoms with E-state index in [4.69, 9.17) is 17.6 Å². The lowest BCUT2D eigenvalue weighted by Crippen LogP contribution is -2.07. The summed E-state index contributed by atoms with van der Waals surface area (Å²) < 4.78 is 44.0. The highest BCUT2D eigenvalue weighted by Gasteiger charge is 2.13. The molecule has 0 saturated heterocycles. The third kappa shape index (κ3) is 14.0. The maximum atomic E-state index is 11.9. The number of aromatic nitrogens is 2. The molecule has 2 N–H and O–H groups in total. The third-order valence-corrected chi connectivity index (χ3v) is 7.39. The first-order valence-electron chi connectivity index (χ1n) is 14.9. The standard InChI is InChI=1S/2C12H14N2O3S.4C2H6/c1-8-6-4-5-7-11(8)18(15)17-14-12-9(2)10(3)16-13-12;1-8-6-4-5-7-11(8)18(15)17-14-12-9(2)10(3)13-16-12;4*1-2/h4-7H,1-3H3,(H,13,14);4-7,14H,1-3H3;4*1-2H3.